The third-order valence-electron chi connectivity index (χ3n) is 5.34. The van der Waals surface area contributed by atoms with Crippen LogP contribution in [0.4, 0.5) is 0 Å². The number of aliphatic hydroxyl groups is 1. The molecule has 1 aliphatic heterocycles. The van der Waals surface area contributed by atoms with Crippen molar-refractivity contribution < 1.29 is 38.7 Å². The molecule has 3 rings (SSSR count). The Hall–Kier alpha value is -2.42. The molecule has 0 amide bonds. The number of ether oxygens (including phenoxy) is 4. The fraction of sp³-hybridized carbons (Fsp3) is 0.500. The molecular formula is C20H24O8. The first-order chi connectivity index (χ1) is 13.4. The maximum absolute atomic E-state index is 12.3. The van der Waals surface area contributed by atoms with Gasteiger partial charge in [0.15, 0.2) is 6.29 Å². The largest absolute Gasteiger partial charge is 0.508 e. The summed E-state index contributed by atoms with van der Waals surface area (Å²) < 4.78 is 21.1. The van der Waals surface area contributed by atoms with Crippen LogP contribution in [0.15, 0.2) is 30.3 Å². The Bertz CT molecular complexity index is 743. The minimum Gasteiger partial charge on any atom is -0.508 e. The molecule has 0 radical (unpaired) electrons. The van der Waals surface area contributed by atoms with E-state index in [1.54, 1.807) is 18.2 Å². The van der Waals surface area contributed by atoms with Crippen LogP contribution in [-0.4, -0.2) is 61.0 Å². The molecule has 1 heterocycles. The van der Waals surface area contributed by atoms with Crippen LogP contribution in [0.25, 0.3) is 6.08 Å². The van der Waals surface area contributed by atoms with Gasteiger partial charge in [0.2, 0.25) is 0 Å². The number of benzene rings is 1. The normalized spacial score (nSPS) is 31.7. The van der Waals surface area contributed by atoms with E-state index in [4.69, 9.17) is 18.9 Å². The number of esters is 2. The molecule has 152 valence electrons. The van der Waals surface area contributed by atoms with Crippen LogP contribution >= 0.6 is 0 Å². The average Bonchev–Trinajstić information content (AvgIpc) is 3.13. The highest BCUT2D eigenvalue weighted by Crippen LogP contribution is 2.50. The smallest absolute Gasteiger partial charge is 0.331 e. The Morgan fingerprint density at radius 1 is 1.29 bits per heavy atom. The van der Waals surface area contributed by atoms with E-state index < -0.39 is 41.8 Å². The monoisotopic (exact) mass is 392 g/mol. The van der Waals surface area contributed by atoms with Crippen molar-refractivity contribution in [1.82, 2.24) is 0 Å². The van der Waals surface area contributed by atoms with E-state index >= 15 is 0 Å². The fourth-order valence-electron chi connectivity index (χ4n) is 4.02. The van der Waals surface area contributed by atoms with E-state index in [2.05, 4.69) is 0 Å². The minimum absolute atomic E-state index is 0.0215. The highest BCUT2D eigenvalue weighted by molar-refractivity contribution is 5.87. The Balaban J connectivity index is 1.72. The molecule has 0 aromatic heterocycles. The van der Waals surface area contributed by atoms with Crippen molar-refractivity contribution in [3.63, 3.8) is 0 Å². The number of hydrogen-bond donors (Lipinski definition) is 2. The summed E-state index contributed by atoms with van der Waals surface area (Å²) in [5.74, 6) is -1.92. The number of carbonyl (C=O) groups is 2. The minimum atomic E-state index is -1.23. The standard InChI is InChI=1S/C20H24O8/c1-25-17(23)9-14-15(10-20(24)11-27-19(26-2)18(14)20)28-16(22)8-5-12-3-6-13(21)7-4-12/h3-8,14-15,18-19,21,24H,9-11H2,1-2H3. The molecule has 1 saturated heterocycles. The zero-order valence-electron chi connectivity index (χ0n) is 15.7. The number of fused-ring (bicyclic) bond motifs is 1. The Labute approximate surface area is 162 Å². The molecule has 8 nitrogen and oxygen atoms in total. The lowest BCUT2D eigenvalue weighted by Gasteiger charge is -2.27. The van der Waals surface area contributed by atoms with Crippen molar-refractivity contribution in [1.29, 1.82) is 0 Å². The maximum atomic E-state index is 12.3. The number of phenols is 1. The zero-order valence-corrected chi connectivity index (χ0v) is 15.7. The third-order valence-corrected chi connectivity index (χ3v) is 5.34. The molecule has 1 aliphatic carbocycles. The number of hydrogen-bond acceptors (Lipinski definition) is 8. The van der Waals surface area contributed by atoms with Crippen molar-refractivity contribution in [2.45, 2.75) is 30.8 Å². The summed E-state index contributed by atoms with van der Waals surface area (Å²) in [4.78, 5) is 24.2. The Kier molecular flexibility index (Phi) is 6.02. The number of aromatic hydroxyl groups is 1. The molecule has 28 heavy (non-hydrogen) atoms. The Morgan fingerprint density at radius 2 is 2.00 bits per heavy atom. The highest BCUT2D eigenvalue weighted by atomic mass is 16.7. The molecule has 0 bridgehead atoms. The van der Waals surface area contributed by atoms with Crippen LogP contribution < -0.4 is 0 Å². The van der Waals surface area contributed by atoms with Crippen LogP contribution in [0.3, 0.4) is 0 Å². The first-order valence-electron chi connectivity index (χ1n) is 8.97. The molecule has 8 heteroatoms. The lowest BCUT2D eigenvalue weighted by Crippen LogP contribution is -2.38. The SMILES string of the molecule is COC(=O)CC1C(OC(=O)C=Cc2ccc(O)cc2)CC2(O)COC(OC)C12. The number of methoxy groups -OCH3 is 2. The summed E-state index contributed by atoms with van der Waals surface area (Å²) in [5, 5.41) is 20.2. The maximum Gasteiger partial charge on any atom is 0.331 e. The van der Waals surface area contributed by atoms with Crippen LogP contribution in [0.1, 0.15) is 18.4 Å². The van der Waals surface area contributed by atoms with Crippen LogP contribution in [0, 0.1) is 11.8 Å². The van der Waals surface area contributed by atoms with Gasteiger partial charge in [0, 0.05) is 31.4 Å². The number of carbonyl (C=O) groups excluding carboxylic acids is 2. The van der Waals surface area contributed by atoms with Gasteiger partial charge in [-0.25, -0.2) is 4.79 Å². The topological polar surface area (TPSA) is 112 Å². The van der Waals surface area contributed by atoms with Gasteiger partial charge in [0.1, 0.15) is 11.9 Å². The predicted molar refractivity (Wildman–Crippen MR) is 96.9 cm³/mol. The van der Waals surface area contributed by atoms with Gasteiger partial charge in [-0.05, 0) is 23.8 Å². The quantitative estimate of drug-likeness (QED) is 0.550. The first kappa shape index (κ1) is 20.3. The second kappa shape index (κ2) is 8.30. The van der Waals surface area contributed by atoms with Gasteiger partial charge in [0.05, 0.1) is 25.7 Å². The van der Waals surface area contributed by atoms with E-state index in [-0.39, 0.29) is 25.2 Å². The van der Waals surface area contributed by atoms with Gasteiger partial charge in [-0.1, -0.05) is 12.1 Å². The molecule has 2 N–H and O–H groups in total. The van der Waals surface area contributed by atoms with Crippen LogP contribution in [-0.2, 0) is 28.5 Å². The van der Waals surface area contributed by atoms with E-state index in [0.29, 0.717) is 0 Å². The van der Waals surface area contributed by atoms with Crippen LogP contribution in [0.5, 0.6) is 5.75 Å². The van der Waals surface area contributed by atoms with Gasteiger partial charge < -0.3 is 29.2 Å². The van der Waals surface area contributed by atoms with E-state index in [0.717, 1.165) is 5.56 Å². The summed E-state index contributed by atoms with van der Waals surface area (Å²) in [7, 11) is 2.75. The average molecular weight is 392 g/mol. The van der Waals surface area contributed by atoms with Gasteiger partial charge in [-0.2, -0.15) is 0 Å². The summed E-state index contributed by atoms with van der Waals surface area (Å²) in [6.45, 7) is 0.0469. The fourth-order valence-corrected chi connectivity index (χ4v) is 4.02. The number of phenolic OH excluding ortho intramolecular Hbond substituents is 1. The lowest BCUT2D eigenvalue weighted by molar-refractivity contribution is -0.158. The van der Waals surface area contributed by atoms with E-state index in [1.165, 1.54) is 32.4 Å². The lowest BCUT2D eigenvalue weighted by atomic mass is 9.85. The van der Waals surface area contributed by atoms with Gasteiger partial charge in [-0.3, -0.25) is 4.79 Å². The second-order valence-electron chi connectivity index (χ2n) is 7.09. The molecular weight excluding hydrogens is 368 g/mol. The van der Waals surface area contributed by atoms with E-state index in [1.807, 2.05) is 0 Å². The molecule has 1 aromatic carbocycles. The summed E-state index contributed by atoms with van der Waals surface area (Å²) >= 11 is 0. The zero-order chi connectivity index (χ0) is 20.3. The van der Waals surface area contributed by atoms with Crippen molar-refractivity contribution in [2.75, 3.05) is 20.8 Å². The number of rotatable bonds is 6. The third kappa shape index (κ3) is 4.19. The Morgan fingerprint density at radius 3 is 2.64 bits per heavy atom. The molecule has 2 fully saturated rings. The summed E-state index contributed by atoms with van der Waals surface area (Å²) in [6.07, 6.45) is 1.60. The van der Waals surface area contributed by atoms with Gasteiger partial charge in [0.25, 0.3) is 0 Å². The summed E-state index contributed by atoms with van der Waals surface area (Å²) in [6, 6.07) is 6.33. The van der Waals surface area contributed by atoms with Crippen molar-refractivity contribution >= 4 is 18.0 Å². The molecule has 1 aromatic rings. The molecule has 1 saturated carbocycles. The molecule has 5 atom stereocenters. The molecule has 2 aliphatic rings. The van der Waals surface area contributed by atoms with Crippen molar-refractivity contribution in [3.05, 3.63) is 35.9 Å². The molecule has 0 spiro atoms. The summed E-state index contributed by atoms with van der Waals surface area (Å²) in [5.41, 5.74) is -0.513. The van der Waals surface area contributed by atoms with Crippen molar-refractivity contribution in [3.8, 4) is 5.75 Å². The van der Waals surface area contributed by atoms with Gasteiger partial charge >= 0.3 is 11.9 Å². The first-order valence-corrected chi connectivity index (χ1v) is 8.97. The second-order valence-corrected chi connectivity index (χ2v) is 7.09. The van der Waals surface area contributed by atoms with Crippen LogP contribution in [0.2, 0.25) is 0 Å². The van der Waals surface area contributed by atoms with E-state index in [9.17, 15) is 19.8 Å². The predicted octanol–water partition coefficient (Wildman–Crippen LogP) is 1.25. The van der Waals surface area contributed by atoms with Crippen molar-refractivity contribution in [2.24, 2.45) is 11.8 Å². The molecule has 5 unspecified atom stereocenters. The van der Waals surface area contributed by atoms with Gasteiger partial charge in [-0.15, -0.1) is 0 Å². The highest BCUT2D eigenvalue weighted by Gasteiger charge is 2.62.